The smallest absolute Gasteiger partial charge is 0.0314 e. The number of piperidine rings is 1. The molecule has 0 radical (unpaired) electrons. The number of hydrogen-bond acceptors (Lipinski definition) is 1. The number of nitrogens with zero attached hydrogens (tertiary/aromatic N) is 1. The quantitative estimate of drug-likeness (QED) is 0.597. The van der Waals surface area contributed by atoms with E-state index in [2.05, 4.69) is 18.4 Å². The molecular weight excluding hydrogens is 158 g/mol. The van der Waals surface area contributed by atoms with Crippen LogP contribution in [-0.4, -0.2) is 17.5 Å². The fourth-order valence-corrected chi connectivity index (χ4v) is 3.12. The van der Waals surface area contributed by atoms with Crippen LogP contribution in [0.15, 0.2) is 12.3 Å². The minimum absolute atomic E-state index is 0.847. The Kier molecular flexibility index (Phi) is 2.61. The molecule has 0 amide bonds. The third-order valence-corrected chi connectivity index (χ3v) is 3.82. The van der Waals surface area contributed by atoms with Gasteiger partial charge in [0.2, 0.25) is 0 Å². The Bertz CT molecular complexity index is 197. The van der Waals surface area contributed by atoms with Crippen molar-refractivity contribution in [2.75, 3.05) is 6.54 Å². The number of likely N-dealkylation sites (tertiary alicyclic amines) is 1. The van der Waals surface area contributed by atoms with Gasteiger partial charge in [-0.05, 0) is 38.5 Å². The average molecular weight is 179 g/mol. The van der Waals surface area contributed by atoms with Crippen molar-refractivity contribution in [2.45, 2.75) is 51.5 Å². The van der Waals surface area contributed by atoms with Crippen LogP contribution < -0.4 is 0 Å². The molecule has 1 saturated carbocycles. The van der Waals surface area contributed by atoms with E-state index in [1.54, 1.807) is 0 Å². The standard InChI is InChI=1S/C12H21N/c1-3-13-10(2)8-9-11-6-4-5-7-12(11)13/h11-12H,2-9H2,1H3. The topological polar surface area (TPSA) is 3.24 Å². The Balaban J connectivity index is 2.09. The monoisotopic (exact) mass is 179 g/mol. The van der Waals surface area contributed by atoms with Crippen molar-refractivity contribution in [1.29, 1.82) is 0 Å². The lowest BCUT2D eigenvalue weighted by molar-refractivity contribution is 0.102. The third kappa shape index (κ3) is 1.61. The van der Waals surface area contributed by atoms with Crippen molar-refractivity contribution >= 4 is 0 Å². The van der Waals surface area contributed by atoms with E-state index < -0.39 is 0 Å². The molecule has 2 fully saturated rings. The van der Waals surface area contributed by atoms with Crippen molar-refractivity contribution < 1.29 is 0 Å². The van der Waals surface area contributed by atoms with Crippen LogP contribution in [0.3, 0.4) is 0 Å². The average Bonchev–Trinajstić information content (AvgIpc) is 2.18. The Morgan fingerprint density at radius 1 is 1.31 bits per heavy atom. The van der Waals surface area contributed by atoms with Gasteiger partial charge < -0.3 is 4.90 Å². The van der Waals surface area contributed by atoms with Crippen LogP contribution in [0, 0.1) is 5.92 Å². The number of fused-ring (bicyclic) bond motifs is 1. The number of hydrogen-bond donors (Lipinski definition) is 0. The largest absolute Gasteiger partial charge is 0.372 e. The molecule has 0 spiro atoms. The maximum absolute atomic E-state index is 4.18. The lowest BCUT2D eigenvalue weighted by Crippen LogP contribution is -2.44. The van der Waals surface area contributed by atoms with Crippen LogP contribution in [0.1, 0.15) is 45.4 Å². The maximum atomic E-state index is 4.18. The molecule has 74 valence electrons. The van der Waals surface area contributed by atoms with Gasteiger partial charge in [-0.25, -0.2) is 0 Å². The molecule has 2 aliphatic rings. The van der Waals surface area contributed by atoms with Gasteiger partial charge in [0.1, 0.15) is 0 Å². The van der Waals surface area contributed by atoms with Crippen LogP contribution in [0.4, 0.5) is 0 Å². The van der Waals surface area contributed by atoms with Crippen molar-refractivity contribution in [3.63, 3.8) is 0 Å². The zero-order chi connectivity index (χ0) is 9.26. The van der Waals surface area contributed by atoms with Crippen LogP contribution in [0.5, 0.6) is 0 Å². The van der Waals surface area contributed by atoms with E-state index in [-0.39, 0.29) is 0 Å². The summed E-state index contributed by atoms with van der Waals surface area (Å²) in [6, 6.07) is 0.847. The highest BCUT2D eigenvalue weighted by Crippen LogP contribution is 2.38. The SMILES string of the molecule is C=C1CCC2CCCCC2N1CC. The van der Waals surface area contributed by atoms with Gasteiger partial charge in [0, 0.05) is 18.3 Å². The van der Waals surface area contributed by atoms with Gasteiger partial charge in [-0.15, -0.1) is 0 Å². The molecule has 0 N–H and O–H groups in total. The fourth-order valence-electron chi connectivity index (χ4n) is 3.12. The van der Waals surface area contributed by atoms with E-state index >= 15 is 0 Å². The summed E-state index contributed by atoms with van der Waals surface area (Å²) in [6.45, 7) is 7.62. The number of rotatable bonds is 1. The molecule has 0 aromatic rings. The van der Waals surface area contributed by atoms with E-state index in [4.69, 9.17) is 0 Å². The van der Waals surface area contributed by atoms with Gasteiger partial charge in [-0.1, -0.05) is 19.4 Å². The van der Waals surface area contributed by atoms with E-state index in [0.29, 0.717) is 0 Å². The van der Waals surface area contributed by atoms with Gasteiger partial charge in [-0.2, -0.15) is 0 Å². The highest BCUT2D eigenvalue weighted by Gasteiger charge is 2.33. The Morgan fingerprint density at radius 2 is 2.08 bits per heavy atom. The molecule has 0 aromatic heterocycles. The lowest BCUT2D eigenvalue weighted by Gasteiger charge is -2.46. The second-order valence-corrected chi connectivity index (χ2v) is 4.50. The lowest BCUT2D eigenvalue weighted by atomic mass is 9.77. The van der Waals surface area contributed by atoms with Crippen molar-refractivity contribution in [1.82, 2.24) is 4.90 Å². The molecule has 13 heavy (non-hydrogen) atoms. The first-order valence-corrected chi connectivity index (χ1v) is 5.77. The van der Waals surface area contributed by atoms with Crippen LogP contribution >= 0.6 is 0 Å². The van der Waals surface area contributed by atoms with E-state index in [1.165, 1.54) is 50.8 Å². The van der Waals surface area contributed by atoms with Crippen LogP contribution in [0.25, 0.3) is 0 Å². The summed E-state index contributed by atoms with van der Waals surface area (Å²) in [4.78, 5) is 2.56. The summed E-state index contributed by atoms with van der Waals surface area (Å²) in [5.74, 6) is 0.985. The Labute approximate surface area is 81.8 Å². The molecule has 0 aromatic carbocycles. The predicted molar refractivity (Wildman–Crippen MR) is 56.5 cm³/mol. The first kappa shape index (κ1) is 9.11. The zero-order valence-electron chi connectivity index (χ0n) is 8.76. The minimum Gasteiger partial charge on any atom is -0.372 e. The molecule has 1 heteroatoms. The summed E-state index contributed by atoms with van der Waals surface area (Å²) < 4.78 is 0. The van der Waals surface area contributed by atoms with E-state index in [1.807, 2.05) is 0 Å². The predicted octanol–water partition coefficient (Wildman–Crippen LogP) is 3.17. The van der Waals surface area contributed by atoms with Gasteiger partial charge in [0.05, 0.1) is 0 Å². The minimum atomic E-state index is 0.847. The Morgan fingerprint density at radius 3 is 2.85 bits per heavy atom. The Hall–Kier alpha value is -0.460. The van der Waals surface area contributed by atoms with Gasteiger partial charge in [0.15, 0.2) is 0 Å². The summed E-state index contributed by atoms with van der Waals surface area (Å²) in [5, 5.41) is 0. The molecule has 2 unspecified atom stereocenters. The highest BCUT2D eigenvalue weighted by molar-refractivity contribution is 5.04. The highest BCUT2D eigenvalue weighted by atomic mass is 15.2. The molecule has 2 atom stereocenters. The third-order valence-electron chi connectivity index (χ3n) is 3.82. The van der Waals surface area contributed by atoms with E-state index in [9.17, 15) is 0 Å². The van der Waals surface area contributed by atoms with Crippen LogP contribution in [-0.2, 0) is 0 Å². The molecule has 1 heterocycles. The van der Waals surface area contributed by atoms with Gasteiger partial charge in [-0.3, -0.25) is 0 Å². The summed E-state index contributed by atoms with van der Waals surface area (Å²) in [6.07, 6.45) is 8.43. The van der Waals surface area contributed by atoms with Crippen molar-refractivity contribution in [3.05, 3.63) is 12.3 Å². The molecular formula is C12H21N. The second kappa shape index (κ2) is 3.73. The molecule has 0 bridgehead atoms. The summed E-state index contributed by atoms with van der Waals surface area (Å²) >= 11 is 0. The van der Waals surface area contributed by atoms with Crippen molar-refractivity contribution in [3.8, 4) is 0 Å². The number of allylic oxidation sites excluding steroid dienone is 1. The summed E-state index contributed by atoms with van der Waals surface area (Å²) in [5.41, 5.74) is 1.39. The maximum Gasteiger partial charge on any atom is 0.0314 e. The fraction of sp³-hybridized carbons (Fsp3) is 0.833. The van der Waals surface area contributed by atoms with Gasteiger partial charge in [0.25, 0.3) is 0 Å². The molecule has 1 aliphatic carbocycles. The first-order chi connectivity index (χ1) is 6.33. The summed E-state index contributed by atoms with van der Waals surface area (Å²) in [7, 11) is 0. The van der Waals surface area contributed by atoms with E-state index in [0.717, 1.165) is 12.0 Å². The molecule has 1 nitrogen and oxygen atoms in total. The molecule has 2 rings (SSSR count). The van der Waals surface area contributed by atoms with Gasteiger partial charge >= 0.3 is 0 Å². The van der Waals surface area contributed by atoms with Crippen LogP contribution in [0.2, 0.25) is 0 Å². The molecule has 1 saturated heterocycles. The normalized spacial score (nSPS) is 34.5. The second-order valence-electron chi connectivity index (χ2n) is 4.50. The van der Waals surface area contributed by atoms with Crippen molar-refractivity contribution in [2.24, 2.45) is 5.92 Å². The zero-order valence-corrected chi connectivity index (χ0v) is 8.76. The molecule has 1 aliphatic heterocycles. The first-order valence-electron chi connectivity index (χ1n) is 5.77.